The highest BCUT2D eigenvalue weighted by Gasteiger charge is 2.32. The second-order valence-corrected chi connectivity index (χ2v) is 16.4. The van der Waals surface area contributed by atoms with E-state index in [-0.39, 0.29) is 11.3 Å². The zero-order chi connectivity index (χ0) is 35.2. The van der Waals surface area contributed by atoms with Gasteiger partial charge in [-0.15, -0.1) is 11.8 Å². The van der Waals surface area contributed by atoms with Crippen LogP contribution in [0.5, 0.6) is 0 Å². The van der Waals surface area contributed by atoms with Crippen LogP contribution in [0.25, 0.3) is 17.0 Å². The second-order valence-electron chi connectivity index (χ2n) is 14.1. The number of carbonyl (C=O) groups excluding carboxylic acids is 1. The van der Waals surface area contributed by atoms with E-state index in [1.54, 1.807) is 12.2 Å². The molecule has 2 atom stereocenters. The quantitative estimate of drug-likeness (QED) is 0.201. The molecule has 0 bridgehead atoms. The van der Waals surface area contributed by atoms with Crippen molar-refractivity contribution >= 4 is 40.3 Å². The van der Waals surface area contributed by atoms with Crippen LogP contribution >= 0.6 is 23.5 Å². The number of allylic oxidation sites excluding steroid dienone is 4. The molecule has 0 saturated heterocycles. The molecule has 0 spiro atoms. The first-order chi connectivity index (χ1) is 22.2. The molecule has 1 amide bonds. The van der Waals surface area contributed by atoms with Crippen LogP contribution in [0.4, 0.5) is 4.79 Å². The third-order valence-corrected chi connectivity index (χ3v) is 11.5. The molecule has 3 N–H and O–H groups in total. The van der Waals surface area contributed by atoms with E-state index in [4.69, 9.17) is 10.8 Å². The van der Waals surface area contributed by atoms with Gasteiger partial charge in [0.2, 0.25) is 0 Å². The number of aromatic nitrogens is 2. The van der Waals surface area contributed by atoms with Gasteiger partial charge in [-0.2, -0.15) is 0 Å². The van der Waals surface area contributed by atoms with E-state index in [0.29, 0.717) is 27.1 Å². The Balaban J connectivity index is 0.000000407. The molecular formula is C39H57N3O3S2. The maximum atomic E-state index is 11.0. The molecule has 8 heteroatoms. The number of amides is 1. The van der Waals surface area contributed by atoms with Gasteiger partial charge >= 0.3 is 5.30 Å². The Labute approximate surface area is 292 Å². The van der Waals surface area contributed by atoms with Crippen molar-refractivity contribution < 1.29 is 14.7 Å². The predicted octanol–water partition coefficient (Wildman–Crippen LogP) is 11.2. The molecular weight excluding hydrogens is 623 g/mol. The largest absolute Gasteiger partial charge is 0.473 e. The van der Waals surface area contributed by atoms with Crippen molar-refractivity contribution in [2.75, 3.05) is 0 Å². The topological polar surface area (TPSA) is 106 Å². The summed E-state index contributed by atoms with van der Waals surface area (Å²) in [5, 5.41) is 8.26. The van der Waals surface area contributed by atoms with Gasteiger partial charge in [-0.1, -0.05) is 98.4 Å². The highest BCUT2D eigenvalue weighted by Crippen LogP contribution is 2.45. The molecule has 1 aromatic carbocycles. The maximum Gasteiger partial charge on any atom is 0.365 e. The van der Waals surface area contributed by atoms with Gasteiger partial charge in [0.25, 0.3) is 5.91 Å². The smallest absolute Gasteiger partial charge is 0.365 e. The summed E-state index contributed by atoms with van der Waals surface area (Å²) in [4.78, 5) is 31.5. The molecule has 2 aliphatic carbocycles. The Bertz CT molecular complexity index is 1350. The fourth-order valence-electron chi connectivity index (χ4n) is 5.63. The zero-order valence-corrected chi connectivity index (χ0v) is 31.5. The van der Waals surface area contributed by atoms with E-state index in [9.17, 15) is 9.59 Å². The van der Waals surface area contributed by atoms with Crippen LogP contribution in [0.15, 0.2) is 66.4 Å². The molecule has 1 aromatic heterocycles. The fourth-order valence-corrected chi connectivity index (χ4v) is 7.14. The summed E-state index contributed by atoms with van der Waals surface area (Å²) >= 11 is 2.39. The third kappa shape index (κ3) is 13.7. The van der Waals surface area contributed by atoms with Crippen molar-refractivity contribution in [3.05, 3.63) is 77.5 Å². The average molecular weight is 680 g/mol. The van der Waals surface area contributed by atoms with Gasteiger partial charge in [0.15, 0.2) is 5.82 Å². The fraction of sp³-hybridized carbons (Fsp3) is 0.538. The number of carbonyl (C=O) groups is 2. The van der Waals surface area contributed by atoms with Gasteiger partial charge in [0, 0.05) is 34.5 Å². The molecule has 1 saturated carbocycles. The number of carboxylic acid groups (broad SMARTS) is 1. The lowest BCUT2D eigenvalue weighted by Crippen LogP contribution is -2.26. The first kappa shape index (κ1) is 40.3. The maximum absolute atomic E-state index is 11.0. The number of primary amides is 1. The van der Waals surface area contributed by atoms with E-state index >= 15 is 0 Å². The molecule has 2 unspecified atom stereocenters. The van der Waals surface area contributed by atoms with Crippen molar-refractivity contribution in [1.29, 1.82) is 0 Å². The number of nitrogens with two attached hydrogens (primary N) is 1. The highest BCUT2D eigenvalue weighted by atomic mass is 32.2. The summed E-state index contributed by atoms with van der Waals surface area (Å²) in [6.45, 7) is 20.9. The van der Waals surface area contributed by atoms with Crippen LogP contribution in [0.3, 0.4) is 0 Å². The van der Waals surface area contributed by atoms with Crippen LogP contribution in [0.2, 0.25) is 0 Å². The van der Waals surface area contributed by atoms with Gasteiger partial charge in [-0.3, -0.25) is 4.79 Å². The summed E-state index contributed by atoms with van der Waals surface area (Å²) < 4.78 is 0. The van der Waals surface area contributed by atoms with Crippen molar-refractivity contribution in [1.82, 2.24) is 9.97 Å². The molecule has 1 heterocycles. The normalized spacial score (nSPS) is 18.8. The summed E-state index contributed by atoms with van der Waals surface area (Å²) in [5.41, 5.74) is 10.4. The average Bonchev–Trinajstić information content (AvgIpc) is 3.05. The Hall–Kier alpha value is -2.84. The zero-order valence-electron chi connectivity index (χ0n) is 29.8. The molecule has 4 rings (SSSR count). The Morgan fingerprint density at radius 1 is 1.04 bits per heavy atom. The standard InChI is InChI=1S/C26H32N2O2S.C11H19NOS.C2H6/c1-26(2)13-11-21(12-14-26)19-7-9-20(10-8-19)23-15-27-24(28-16-23)22-5-3-18(4-6-22)17-31-25(29)30;1-6-7-9(10(12)13)14-8(2)11(3,4)5;1-2/h3-6,9,15-16,19,21H,7-8,10-14,17H2,1-2H3,(H,29,30);6-8H,1H2,2-5H3,(H2,12,13);1-2H3/b;9-7-;. The molecule has 6 nitrogen and oxygen atoms in total. The van der Waals surface area contributed by atoms with Gasteiger partial charge in [-0.25, -0.2) is 14.8 Å². The molecule has 47 heavy (non-hydrogen) atoms. The van der Waals surface area contributed by atoms with Crippen LogP contribution < -0.4 is 5.73 Å². The Morgan fingerprint density at radius 3 is 2.11 bits per heavy atom. The van der Waals surface area contributed by atoms with Gasteiger partial charge in [-0.05, 0) is 96.6 Å². The number of hydrogen-bond donors (Lipinski definition) is 2. The number of benzene rings is 1. The van der Waals surface area contributed by atoms with Crippen molar-refractivity contribution in [2.24, 2.45) is 28.4 Å². The first-order valence-corrected chi connectivity index (χ1v) is 18.8. The lowest BCUT2D eigenvalue weighted by molar-refractivity contribution is -0.113. The van der Waals surface area contributed by atoms with Crippen LogP contribution in [0, 0.1) is 22.7 Å². The van der Waals surface area contributed by atoms with Crippen LogP contribution in [0.1, 0.15) is 111 Å². The minimum absolute atomic E-state index is 0.153. The van der Waals surface area contributed by atoms with E-state index in [1.165, 1.54) is 55.9 Å². The molecule has 2 aromatic rings. The number of nitrogens with zero attached hydrogens (tertiary/aromatic N) is 2. The molecule has 0 aliphatic heterocycles. The lowest BCUT2D eigenvalue weighted by Gasteiger charge is -2.39. The third-order valence-electron chi connectivity index (χ3n) is 9.13. The van der Waals surface area contributed by atoms with E-state index in [2.05, 4.69) is 64.2 Å². The van der Waals surface area contributed by atoms with Crippen molar-refractivity contribution in [3.63, 3.8) is 0 Å². The van der Waals surface area contributed by atoms with Crippen molar-refractivity contribution in [3.8, 4) is 11.4 Å². The summed E-state index contributed by atoms with van der Waals surface area (Å²) in [7, 11) is 0. The lowest BCUT2D eigenvalue weighted by atomic mass is 9.67. The Kier molecular flexibility index (Phi) is 16.5. The molecule has 1 fully saturated rings. The van der Waals surface area contributed by atoms with Crippen molar-refractivity contribution in [2.45, 2.75) is 111 Å². The van der Waals surface area contributed by atoms with E-state index in [0.717, 1.165) is 46.7 Å². The van der Waals surface area contributed by atoms with Crippen LogP contribution in [-0.2, 0) is 10.5 Å². The molecule has 0 radical (unpaired) electrons. The van der Waals surface area contributed by atoms with E-state index in [1.807, 2.05) is 50.5 Å². The SMILES string of the molecule is C=C/C=C(\SC(C)C(C)(C)C)C(N)=O.CC.CC1(C)CCC(C2CC=C(c3cnc(-c4ccc(CSC(=O)O)cc4)nc3)CC2)CC1. The van der Waals surface area contributed by atoms with E-state index < -0.39 is 5.30 Å². The molecule has 258 valence electrons. The second kappa shape index (κ2) is 19.2. The minimum Gasteiger partial charge on any atom is -0.473 e. The van der Waals surface area contributed by atoms with Gasteiger partial charge < -0.3 is 10.8 Å². The minimum atomic E-state index is -0.853. The monoisotopic (exact) mass is 679 g/mol. The summed E-state index contributed by atoms with van der Waals surface area (Å²) in [5.74, 6) is 2.54. The van der Waals surface area contributed by atoms with Gasteiger partial charge in [0.05, 0.1) is 4.91 Å². The summed E-state index contributed by atoms with van der Waals surface area (Å²) in [6.07, 6.45) is 18.7. The first-order valence-electron chi connectivity index (χ1n) is 16.9. The summed E-state index contributed by atoms with van der Waals surface area (Å²) in [6, 6.07) is 7.81. The number of thioether (sulfide) groups is 2. The highest BCUT2D eigenvalue weighted by molar-refractivity contribution is 8.12. The Morgan fingerprint density at radius 2 is 1.64 bits per heavy atom. The molecule has 2 aliphatic rings. The van der Waals surface area contributed by atoms with Gasteiger partial charge in [0.1, 0.15) is 0 Å². The number of hydrogen-bond acceptors (Lipinski definition) is 6. The number of rotatable bonds is 9. The van der Waals surface area contributed by atoms with Crippen LogP contribution in [-0.4, -0.2) is 31.5 Å². The predicted molar refractivity (Wildman–Crippen MR) is 203 cm³/mol.